The molecule has 0 fully saturated rings. The molecule has 0 saturated heterocycles. The summed E-state index contributed by atoms with van der Waals surface area (Å²) in [4.78, 5) is 31.1. The zero-order valence-corrected chi connectivity index (χ0v) is 17.2. The van der Waals surface area contributed by atoms with Crippen LogP contribution in [-0.2, 0) is 4.79 Å². The molecule has 0 spiro atoms. The van der Waals surface area contributed by atoms with Crippen molar-refractivity contribution in [2.75, 3.05) is 18.9 Å². The van der Waals surface area contributed by atoms with Crippen LogP contribution in [-0.4, -0.2) is 40.4 Å². The van der Waals surface area contributed by atoms with Crippen LogP contribution in [0.1, 0.15) is 16.1 Å². The molecule has 0 aliphatic carbocycles. The van der Waals surface area contributed by atoms with Gasteiger partial charge in [-0.05, 0) is 43.3 Å². The summed E-state index contributed by atoms with van der Waals surface area (Å²) in [5.41, 5.74) is 1.38. The number of aryl methyl sites for hydroxylation is 1. The van der Waals surface area contributed by atoms with Gasteiger partial charge in [-0.2, -0.15) is 0 Å². The average Bonchev–Trinajstić information content (AvgIpc) is 3.13. The first-order valence-corrected chi connectivity index (χ1v) is 9.66. The Morgan fingerprint density at radius 3 is 2.62 bits per heavy atom. The minimum absolute atomic E-state index is 0.0872. The number of hydrogen-bond donors (Lipinski definition) is 1. The van der Waals surface area contributed by atoms with Gasteiger partial charge in [0.15, 0.2) is 0 Å². The maximum atomic E-state index is 14.3. The maximum Gasteiger partial charge on any atom is 0.259 e. The molecule has 0 unspecified atom stereocenters. The Morgan fingerprint density at radius 2 is 1.88 bits per heavy atom. The number of nitrogens with one attached hydrogen (secondary N) is 1. The fourth-order valence-electron chi connectivity index (χ4n) is 3.33. The van der Waals surface area contributed by atoms with Gasteiger partial charge in [-0.1, -0.05) is 23.4 Å². The first-order valence-electron chi connectivity index (χ1n) is 9.66. The zero-order valence-electron chi connectivity index (χ0n) is 17.2. The molecule has 7 nitrogen and oxygen atoms in total. The van der Waals surface area contributed by atoms with Gasteiger partial charge in [0.2, 0.25) is 5.91 Å². The number of amides is 2. The Hall–Kier alpha value is -4.14. The summed E-state index contributed by atoms with van der Waals surface area (Å²) in [6.07, 6.45) is 0. The van der Waals surface area contributed by atoms with E-state index in [0.29, 0.717) is 11.1 Å². The van der Waals surface area contributed by atoms with Gasteiger partial charge in [0.05, 0.1) is 28.9 Å². The number of aromatic nitrogens is 2. The maximum absolute atomic E-state index is 14.3. The molecule has 0 atom stereocenters. The molecule has 9 heteroatoms. The van der Waals surface area contributed by atoms with Crippen LogP contribution in [0.3, 0.4) is 0 Å². The predicted molar refractivity (Wildman–Crippen MR) is 114 cm³/mol. The van der Waals surface area contributed by atoms with E-state index in [0.717, 1.165) is 0 Å². The summed E-state index contributed by atoms with van der Waals surface area (Å²) >= 11 is 0. The van der Waals surface area contributed by atoms with Crippen molar-refractivity contribution in [3.05, 3.63) is 77.5 Å². The molecule has 0 saturated carbocycles. The fraction of sp³-hybridized carbons (Fsp3) is 0.130. The molecule has 0 aliphatic heterocycles. The molecule has 2 aromatic carbocycles. The van der Waals surface area contributed by atoms with Crippen molar-refractivity contribution in [1.82, 2.24) is 15.0 Å². The Labute approximate surface area is 181 Å². The van der Waals surface area contributed by atoms with Crippen molar-refractivity contribution in [3.8, 4) is 11.3 Å². The van der Waals surface area contributed by atoms with E-state index in [-0.39, 0.29) is 34.8 Å². The van der Waals surface area contributed by atoms with E-state index in [2.05, 4.69) is 15.5 Å². The van der Waals surface area contributed by atoms with E-state index >= 15 is 0 Å². The largest absolute Gasteiger partial charge is 0.335 e. The van der Waals surface area contributed by atoms with Crippen LogP contribution in [0.5, 0.6) is 0 Å². The molecular weight excluding hydrogens is 418 g/mol. The molecule has 162 valence electrons. The lowest BCUT2D eigenvalue weighted by Crippen LogP contribution is -2.35. The van der Waals surface area contributed by atoms with E-state index in [1.54, 1.807) is 19.1 Å². The summed E-state index contributed by atoms with van der Waals surface area (Å²) in [5.74, 6) is -2.00. The molecule has 4 aromatic rings. The lowest BCUT2D eigenvalue weighted by atomic mass is 10.0. The van der Waals surface area contributed by atoms with Crippen molar-refractivity contribution >= 4 is 28.6 Å². The predicted octanol–water partition coefficient (Wildman–Crippen LogP) is 4.19. The number of benzene rings is 2. The van der Waals surface area contributed by atoms with Gasteiger partial charge in [-0.3, -0.25) is 9.59 Å². The second-order valence-electron chi connectivity index (χ2n) is 7.20. The normalized spacial score (nSPS) is 10.9. The van der Waals surface area contributed by atoms with Crippen LogP contribution < -0.4 is 5.32 Å². The molecule has 0 aliphatic rings. The number of likely N-dealkylation sites (N-methyl/N-ethyl adjacent to an activating group) is 1. The van der Waals surface area contributed by atoms with Gasteiger partial charge in [0, 0.05) is 18.3 Å². The molecule has 2 aromatic heterocycles. The highest BCUT2D eigenvalue weighted by atomic mass is 19.1. The van der Waals surface area contributed by atoms with Gasteiger partial charge >= 0.3 is 0 Å². The van der Waals surface area contributed by atoms with Gasteiger partial charge in [-0.25, -0.2) is 13.8 Å². The monoisotopic (exact) mass is 436 g/mol. The quantitative estimate of drug-likeness (QED) is 0.507. The lowest BCUT2D eigenvalue weighted by Gasteiger charge is -2.18. The molecular formula is C23H18F2N4O3. The Kier molecular flexibility index (Phi) is 5.63. The molecule has 1 N–H and O–H groups in total. The highest BCUT2D eigenvalue weighted by Crippen LogP contribution is 2.29. The van der Waals surface area contributed by atoms with Crippen LogP contribution in [0.15, 0.2) is 59.1 Å². The molecule has 0 radical (unpaired) electrons. The third kappa shape index (κ3) is 4.18. The van der Waals surface area contributed by atoms with Crippen LogP contribution in [0.4, 0.5) is 14.5 Å². The number of nitrogens with zero attached hydrogens (tertiary/aromatic N) is 3. The first-order chi connectivity index (χ1) is 15.3. The number of carbonyl (C=O) groups is 2. The van der Waals surface area contributed by atoms with E-state index in [4.69, 9.17) is 4.52 Å². The third-order valence-corrected chi connectivity index (χ3v) is 4.83. The van der Waals surface area contributed by atoms with Gasteiger partial charge < -0.3 is 14.7 Å². The SMILES string of the molecule is Cc1noc2nc(-c3ccccc3F)cc(C(=O)N(C)CC(=O)Nc3cccc(F)c3)c12. The van der Waals surface area contributed by atoms with Gasteiger partial charge in [0.1, 0.15) is 11.6 Å². The van der Waals surface area contributed by atoms with Crippen LogP contribution in [0, 0.1) is 18.6 Å². The summed E-state index contributed by atoms with van der Waals surface area (Å²) < 4.78 is 32.9. The van der Waals surface area contributed by atoms with Gasteiger partial charge in [-0.15, -0.1) is 0 Å². The second-order valence-corrected chi connectivity index (χ2v) is 7.20. The van der Waals surface area contributed by atoms with E-state index < -0.39 is 23.4 Å². The Balaban J connectivity index is 1.64. The van der Waals surface area contributed by atoms with Crippen molar-refractivity contribution in [3.63, 3.8) is 0 Å². The standard InChI is InChI=1S/C23H18F2N4O3/c1-13-21-17(11-19(27-22(21)32-28-13)16-8-3-4-9-18(16)25)23(31)29(2)12-20(30)26-15-7-5-6-14(24)10-15/h3-11H,12H2,1-2H3,(H,26,30). The zero-order chi connectivity index (χ0) is 22.8. The van der Waals surface area contributed by atoms with Crippen LogP contribution >= 0.6 is 0 Å². The Bertz CT molecular complexity index is 1340. The van der Waals surface area contributed by atoms with Crippen molar-refractivity contribution in [2.24, 2.45) is 0 Å². The topological polar surface area (TPSA) is 88.3 Å². The van der Waals surface area contributed by atoms with Crippen molar-refractivity contribution in [2.45, 2.75) is 6.92 Å². The summed E-state index contributed by atoms with van der Waals surface area (Å²) in [7, 11) is 1.45. The average molecular weight is 436 g/mol. The minimum atomic E-state index is -0.506. The number of carbonyl (C=O) groups excluding carboxylic acids is 2. The highest BCUT2D eigenvalue weighted by Gasteiger charge is 2.23. The van der Waals surface area contributed by atoms with Crippen molar-refractivity contribution < 1.29 is 22.9 Å². The number of rotatable bonds is 5. The van der Waals surface area contributed by atoms with E-state index in [9.17, 15) is 18.4 Å². The van der Waals surface area contributed by atoms with Gasteiger partial charge in [0.25, 0.3) is 11.6 Å². The molecule has 2 amide bonds. The molecule has 4 rings (SSSR count). The number of halogens is 2. The molecule has 0 bridgehead atoms. The Morgan fingerprint density at radius 1 is 1.09 bits per heavy atom. The highest BCUT2D eigenvalue weighted by molar-refractivity contribution is 6.08. The molecule has 32 heavy (non-hydrogen) atoms. The van der Waals surface area contributed by atoms with E-state index in [1.165, 1.54) is 54.4 Å². The lowest BCUT2D eigenvalue weighted by molar-refractivity contribution is -0.116. The number of pyridine rings is 1. The van der Waals surface area contributed by atoms with Crippen LogP contribution in [0.25, 0.3) is 22.4 Å². The third-order valence-electron chi connectivity index (χ3n) is 4.83. The smallest absolute Gasteiger partial charge is 0.259 e. The summed E-state index contributed by atoms with van der Waals surface area (Å²) in [6, 6.07) is 12.9. The summed E-state index contributed by atoms with van der Waals surface area (Å²) in [6.45, 7) is 1.36. The van der Waals surface area contributed by atoms with Crippen LogP contribution in [0.2, 0.25) is 0 Å². The van der Waals surface area contributed by atoms with E-state index in [1.807, 2.05) is 0 Å². The number of hydrogen-bond acceptors (Lipinski definition) is 5. The number of anilines is 1. The fourth-order valence-corrected chi connectivity index (χ4v) is 3.33. The van der Waals surface area contributed by atoms with Crippen molar-refractivity contribution in [1.29, 1.82) is 0 Å². The molecule has 2 heterocycles. The summed E-state index contributed by atoms with van der Waals surface area (Å²) in [5, 5.41) is 6.79. The second kappa shape index (κ2) is 8.54. The minimum Gasteiger partial charge on any atom is -0.335 e. The number of fused-ring (bicyclic) bond motifs is 1. The first kappa shape index (κ1) is 21.1.